The fourth-order valence-electron chi connectivity index (χ4n) is 2.52. The van der Waals surface area contributed by atoms with Gasteiger partial charge in [0.15, 0.2) is 11.5 Å². The van der Waals surface area contributed by atoms with Crippen molar-refractivity contribution in [3.63, 3.8) is 0 Å². The second kappa shape index (κ2) is 6.70. The van der Waals surface area contributed by atoms with Crippen molar-refractivity contribution >= 4 is 11.0 Å². The van der Waals surface area contributed by atoms with E-state index in [1.165, 1.54) is 41.2 Å². The maximum atomic E-state index is 11.7. The average molecular weight is 338 g/mol. The molecule has 0 unspecified atom stereocenters. The van der Waals surface area contributed by atoms with Gasteiger partial charge in [-0.2, -0.15) is 0 Å². The molecule has 2 aromatic rings. The highest BCUT2D eigenvalue weighted by atomic mass is 16.5. The molecular formula is C17H22O7. The van der Waals surface area contributed by atoms with Crippen LogP contribution in [-0.4, -0.2) is 43.2 Å². The standard InChI is InChI=1S/C17H22O7/c1-17(2,20)11(18)8-10-13-9(6-7-12(19)24-13)14(21-3)16(23-5)15(10)22-4/h6-7,11,18,20H,8H2,1-5H3/t11-/m0/s1. The van der Waals surface area contributed by atoms with Gasteiger partial charge in [0, 0.05) is 18.1 Å². The smallest absolute Gasteiger partial charge is 0.336 e. The van der Waals surface area contributed by atoms with Crippen molar-refractivity contribution in [2.24, 2.45) is 0 Å². The van der Waals surface area contributed by atoms with Crippen LogP contribution in [0.3, 0.4) is 0 Å². The molecule has 0 bridgehead atoms. The molecule has 2 rings (SSSR count). The zero-order valence-electron chi connectivity index (χ0n) is 14.4. The molecule has 24 heavy (non-hydrogen) atoms. The van der Waals surface area contributed by atoms with Crippen molar-refractivity contribution in [1.82, 2.24) is 0 Å². The highest BCUT2D eigenvalue weighted by molar-refractivity contribution is 5.92. The van der Waals surface area contributed by atoms with Gasteiger partial charge < -0.3 is 28.8 Å². The number of hydrogen-bond donors (Lipinski definition) is 2. The molecule has 0 aliphatic rings. The second-order valence-corrected chi connectivity index (χ2v) is 5.95. The van der Waals surface area contributed by atoms with E-state index >= 15 is 0 Å². The third-order valence-corrected chi connectivity index (χ3v) is 3.86. The molecule has 0 saturated heterocycles. The Labute approximate surface area is 139 Å². The molecule has 1 aromatic carbocycles. The summed E-state index contributed by atoms with van der Waals surface area (Å²) in [6.07, 6.45) is -1.12. The zero-order chi connectivity index (χ0) is 18.1. The summed E-state index contributed by atoms with van der Waals surface area (Å²) in [4.78, 5) is 11.7. The lowest BCUT2D eigenvalue weighted by Gasteiger charge is -2.26. The highest BCUT2D eigenvalue weighted by Gasteiger charge is 2.30. The fourth-order valence-corrected chi connectivity index (χ4v) is 2.52. The van der Waals surface area contributed by atoms with Gasteiger partial charge in [0.05, 0.1) is 38.4 Å². The molecule has 1 aromatic heterocycles. The molecule has 0 amide bonds. The first kappa shape index (κ1) is 18.1. The Morgan fingerprint density at radius 1 is 1.08 bits per heavy atom. The molecule has 7 nitrogen and oxygen atoms in total. The summed E-state index contributed by atoms with van der Waals surface area (Å²) in [5.41, 5.74) is -1.26. The van der Waals surface area contributed by atoms with Crippen LogP contribution < -0.4 is 19.8 Å². The molecule has 0 aliphatic carbocycles. The minimum absolute atomic E-state index is 0.00349. The van der Waals surface area contributed by atoms with Crippen LogP contribution >= 0.6 is 0 Å². The predicted octanol–water partition coefficient (Wildman–Crippen LogP) is 1.49. The van der Waals surface area contributed by atoms with Crippen molar-refractivity contribution < 1.29 is 28.8 Å². The van der Waals surface area contributed by atoms with Gasteiger partial charge in [-0.25, -0.2) is 4.79 Å². The van der Waals surface area contributed by atoms with E-state index < -0.39 is 17.3 Å². The molecule has 0 radical (unpaired) electrons. The first-order valence-electron chi connectivity index (χ1n) is 7.39. The summed E-state index contributed by atoms with van der Waals surface area (Å²) in [7, 11) is 4.36. The van der Waals surface area contributed by atoms with Gasteiger partial charge in [0.25, 0.3) is 0 Å². The van der Waals surface area contributed by atoms with Gasteiger partial charge in [-0.1, -0.05) is 0 Å². The summed E-state index contributed by atoms with van der Waals surface area (Å²) in [6, 6.07) is 2.83. The van der Waals surface area contributed by atoms with Crippen LogP contribution in [0.15, 0.2) is 21.3 Å². The third kappa shape index (κ3) is 3.18. The van der Waals surface area contributed by atoms with Crippen molar-refractivity contribution in [2.75, 3.05) is 21.3 Å². The van der Waals surface area contributed by atoms with Crippen molar-refractivity contribution in [1.29, 1.82) is 0 Å². The van der Waals surface area contributed by atoms with E-state index in [9.17, 15) is 15.0 Å². The SMILES string of the molecule is COc1c(OC)c(C[C@H](O)C(C)(C)O)c2oc(=O)ccc2c1OC. The zero-order valence-corrected chi connectivity index (χ0v) is 14.4. The van der Waals surface area contributed by atoms with Crippen LogP contribution in [0.1, 0.15) is 19.4 Å². The number of benzene rings is 1. The van der Waals surface area contributed by atoms with Crippen LogP contribution in [-0.2, 0) is 6.42 Å². The Balaban J connectivity index is 2.84. The summed E-state index contributed by atoms with van der Waals surface area (Å²) in [5, 5.41) is 20.8. The number of fused-ring (bicyclic) bond motifs is 1. The fraction of sp³-hybridized carbons (Fsp3) is 0.471. The van der Waals surface area contributed by atoms with E-state index in [1.807, 2.05) is 0 Å². The first-order valence-corrected chi connectivity index (χ1v) is 7.39. The Morgan fingerprint density at radius 2 is 1.67 bits per heavy atom. The van der Waals surface area contributed by atoms with Crippen LogP contribution in [0.4, 0.5) is 0 Å². The van der Waals surface area contributed by atoms with E-state index in [0.717, 1.165) is 0 Å². The van der Waals surface area contributed by atoms with Crippen LogP contribution in [0, 0.1) is 0 Å². The van der Waals surface area contributed by atoms with E-state index in [1.54, 1.807) is 6.07 Å². The average Bonchev–Trinajstić information content (AvgIpc) is 2.53. The lowest BCUT2D eigenvalue weighted by molar-refractivity contribution is -0.0470. The van der Waals surface area contributed by atoms with Gasteiger partial charge >= 0.3 is 5.63 Å². The molecular weight excluding hydrogens is 316 g/mol. The molecule has 132 valence electrons. The number of ether oxygens (including phenoxy) is 3. The maximum absolute atomic E-state index is 11.7. The maximum Gasteiger partial charge on any atom is 0.336 e. The van der Waals surface area contributed by atoms with Crippen molar-refractivity contribution in [3.05, 3.63) is 28.1 Å². The first-order chi connectivity index (χ1) is 11.2. The molecule has 0 aliphatic heterocycles. The Hall–Kier alpha value is -2.25. The minimum atomic E-state index is -1.35. The van der Waals surface area contributed by atoms with E-state index in [-0.39, 0.29) is 17.8 Å². The summed E-state index contributed by atoms with van der Waals surface area (Å²) >= 11 is 0. The van der Waals surface area contributed by atoms with Gasteiger partial charge in [-0.15, -0.1) is 0 Å². The molecule has 0 saturated carbocycles. The number of methoxy groups -OCH3 is 3. The largest absolute Gasteiger partial charge is 0.492 e. The normalized spacial score (nSPS) is 13.0. The lowest BCUT2D eigenvalue weighted by atomic mass is 9.93. The molecule has 0 fully saturated rings. The van der Waals surface area contributed by atoms with Gasteiger partial charge in [0.2, 0.25) is 5.75 Å². The molecule has 1 atom stereocenters. The van der Waals surface area contributed by atoms with Gasteiger partial charge in [-0.05, 0) is 19.9 Å². The molecule has 7 heteroatoms. The van der Waals surface area contributed by atoms with Gasteiger partial charge in [-0.3, -0.25) is 0 Å². The lowest BCUT2D eigenvalue weighted by Crippen LogP contribution is -2.37. The monoisotopic (exact) mass is 338 g/mol. The Morgan fingerprint density at radius 3 is 2.17 bits per heavy atom. The summed E-state index contributed by atoms with van der Waals surface area (Å²) < 4.78 is 21.5. The number of rotatable bonds is 6. The van der Waals surface area contributed by atoms with E-state index in [2.05, 4.69) is 0 Å². The van der Waals surface area contributed by atoms with E-state index in [0.29, 0.717) is 22.4 Å². The molecule has 1 heterocycles. The topological polar surface area (TPSA) is 98.4 Å². The summed E-state index contributed by atoms with van der Waals surface area (Å²) in [6.45, 7) is 2.98. The predicted molar refractivity (Wildman–Crippen MR) is 88.1 cm³/mol. The number of aliphatic hydroxyl groups excluding tert-OH is 1. The number of aliphatic hydroxyl groups is 2. The Kier molecular flexibility index (Phi) is 5.05. The van der Waals surface area contributed by atoms with Crippen LogP contribution in [0.5, 0.6) is 17.2 Å². The van der Waals surface area contributed by atoms with Crippen LogP contribution in [0.25, 0.3) is 11.0 Å². The second-order valence-electron chi connectivity index (χ2n) is 5.95. The number of hydrogen-bond acceptors (Lipinski definition) is 7. The van der Waals surface area contributed by atoms with Crippen LogP contribution in [0.2, 0.25) is 0 Å². The van der Waals surface area contributed by atoms with Crippen molar-refractivity contribution in [3.8, 4) is 17.2 Å². The van der Waals surface area contributed by atoms with Crippen molar-refractivity contribution in [2.45, 2.75) is 32.0 Å². The Bertz CT molecular complexity index is 786. The van der Waals surface area contributed by atoms with Gasteiger partial charge in [0.1, 0.15) is 5.58 Å². The highest BCUT2D eigenvalue weighted by Crippen LogP contribution is 2.46. The molecule has 0 spiro atoms. The summed E-state index contributed by atoms with van der Waals surface area (Å²) in [5.74, 6) is 0.952. The quantitative estimate of drug-likeness (QED) is 0.770. The minimum Gasteiger partial charge on any atom is -0.492 e. The van der Waals surface area contributed by atoms with E-state index in [4.69, 9.17) is 18.6 Å². The molecule has 2 N–H and O–H groups in total. The third-order valence-electron chi connectivity index (χ3n) is 3.86.